The number of fused-ring (bicyclic) bond motifs is 2. The first-order chi connectivity index (χ1) is 16.5. The van der Waals surface area contributed by atoms with E-state index in [2.05, 4.69) is 121 Å². The van der Waals surface area contributed by atoms with Gasteiger partial charge >= 0.3 is 217 Å². The number of benzene rings is 3. The average molecular weight is 582 g/mol. The topological polar surface area (TPSA) is 0 Å². The van der Waals surface area contributed by atoms with Gasteiger partial charge in [-0.25, -0.2) is 0 Å². The van der Waals surface area contributed by atoms with E-state index in [1.807, 2.05) is 6.07 Å². The molecule has 5 rings (SSSR count). The van der Waals surface area contributed by atoms with Gasteiger partial charge in [0, 0.05) is 0 Å². The quantitative estimate of drug-likeness (QED) is 0.281. The standard InChI is InChI=1S/2C12H13.C7H6.CH3.2ClH.Zr/c2*1-9(2)11-7-3-5-10-6-4-8-12(10)11;1-7-5-3-2-4-6-7;;;;/h2*3-9H,1-2H3;1-6H;1H3;2*1H;/q;;;;;;+2/p-2. The molecule has 0 aliphatic heterocycles. The fourth-order valence-electron chi connectivity index (χ4n) is 6.60. The average Bonchev–Trinajstić information content (AvgIpc) is 3.45. The van der Waals surface area contributed by atoms with Gasteiger partial charge in [-0.15, -0.1) is 0 Å². The van der Waals surface area contributed by atoms with Gasteiger partial charge in [0.05, 0.1) is 0 Å². The second kappa shape index (κ2) is 8.24. The van der Waals surface area contributed by atoms with Gasteiger partial charge in [0.2, 0.25) is 0 Å². The fourth-order valence-corrected chi connectivity index (χ4v) is 26.2. The van der Waals surface area contributed by atoms with E-state index in [-0.39, 0.29) is 7.25 Å². The molecule has 2 aliphatic rings. The summed E-state index contributed by atoms with van der Waals surface area (Å²) in [6.45, 7) is 9.02. The number of hydrogen-bond acceptors (Lipinski definition) is 0. The van der Waals surface area contributed by atoms with Crippen LogP contribution in [0.5, 0.6) is 0 Å². The molecule has 3 aromatic rings. The summed E-state index contributed by atoms with van der Waals surface area (Å²) in [5, 5.41) is 0. The summed E-state index contributed by atoms with van der Waals surface area (Å²) in [6, 6.07) is 23.8. The van der Waals surface area contributed by atoms with Crippen LogP contribution < -0.4 is 0 Å². The third kappa shape index (κ3) is 3.94. The zero-order chi connectivity index (χ0) is 25.1. The molecule has 0 radical (unpaired) electrons. The van der Waals surface area contributed by atoms with Crippen molar-refractivity contribution < 1.29 is 14.4 Å². The van der Waals surface area contributed by atoms with E-state index in [0.717, 1.165) is 5.56 Å². The Morgan fingerprint density at radius 3 is 1.54 bits per heavy atom. The molecule has 2 atom stereocenters. The van der Waals surface area contributed by atoms with E-state index < -0.39 is 14.4 Å². The van der Waals surface area contributed by atoms with Crippen molar-refractivity contribution in [3.63, 3.8) is 0 Å². The Balaban J connectivity index is 1.84. The summed E-state index contributed by atoms with van der Waals surface area (Å²) < 4.78 is 4.46. The van der Waals surface area contributed by atoms with Crippen LogP contribution in [-0.4, -0.2) is 3.71 Å². The van der Waals surface area contributed by atoms with Gasteiger partial charge in [-0.05, 0) is 0 Å². The first-order valence-electron chi connectivity index (χ1n) is 12.8. The predicted octanol–water partition coefficient (Wildman–Crippen LogP) is 10.2. The van der Waals surface area contributed by atoms with Crippen LogP contribution in [0.3, 0.4) is 0 Å². The van der Waals surface area contributed by atoms with Crippen molar-refractivity contribution in [3.05, 3.63) is 118 Å². The van der Waals surface area contributed by atoms with E-state index in [1.165, 1.54) is 33.4 Å². The van der Waals surface area contributed by atoms with Crippen LogP contribution in [0, 0.1) is 0 Å². The van der Waals surface area contributed by atoms with Gasteiger partial charge in [0.1, 0.15) is 0 Å². The summed E-state index contributed by atoms with van der Waals surface area (Å²) in [7, 11) is 16.7. The first-order valence-corrected chi connectivity index (χ1v) is 25.9. The number of rotatable bonds is 5. The van der Waals surface area contributed by atoms with Crippen LogP contribution in [0.4, 0.5) is 0 Å². The molecule has 35 heavy (non-hydrogen) atoms. The number of allylic oxidation sites excluding steroid dienone is 2. The van der Waals surface area contributed by atoms with Crippen molar-refractivity contribution in [1.82, 2.24) is 0 Å². The Morgan fingerprint density at radius 2 is 1.11 bits per heavy atom. The van der Waals surface area contributed by atoms with E-state index in [4.69, 9.17) is 17.0 Å². The van der Waals surface area contributed by atoms with Gasteiger partial charge in [-0.2, -0.15) is 0 Å². The molecule has 0 bridgehead atoms. The zero-order valence-corrected chi connectivity index (χ0v) is 25.3. The minimum absolute atomic E-state index is 0.0447. The Morgan fingerprint density at radius 1 is 0.657 bits per heavy atom. The molecule has 2 unspecified atom stereocenters. The molecule has 0 N–H and O–H groups in total. The molecular formula is C32H35Cl2Zr. The van der Waals surface area contributed by atoms with Gasteiger partial charge in [0.25, 0.3) is 0 Å². The molecule has 0 saturated heterocycles. The second-order valence-electron chi connectivity index (χ2n) is 11.7. The molecule has 0 spiro atoms. The van der Waals surface area contributed by atoms with E-state index >= 15 is 0 Å². The van der Waals surface area contributed by atoms with Crippen LogP contribution in [0.15, 0.2) is 78.9 Å². The Kier molecular flexibility index (Phi) is 5.92. The summed E-state index contributed by atoms with van der Waals surface area (Å²) in [4.78, 5) is 0. The Hall–Kier alpha value is -1.53. The van der Waals surface area contributed by atoms with Gasteiger partial charge in [-0.1, -0.05) is 0 Å². The van der Waals surface area contributed by atoms with Crippen molar-refractivity contribution >= 4 is 32.9 Å². The Labute approximate surface area is 215 Å². The maximum atomic E-state index is 8.33. The van der Waals surface area contributed by atoms with Crippen LogP contribution in [0.25, 0.3) is 12.2 Å². The first kappa shape index (κ1) is 25.1. The summed E-state index contributed by atoms with van der Waals surface area (Å²) in [5.74, 6) is 0.871. The van der Waals surface area contributed by atoms with Crippen molar-refractivity contribution in [3.8, 4) is 0 Å². The van der Waals surface area contributed by atoms with Crippen LogP contribution in [-0.2, 0) is 14.4 Å². The Bertz CT molecular complexity index is 1370. The molecule has 0 amide bonds. The maximum absolute atomic E-state index is 8.33. The van der Waals surface area contributed by atoms with Gasteiger partial charge < -0.3 is 0 Å². The zero-order valence-electron chi connectivity index (χ0n) is 21.3. The van der Waals surface area contributed by atoms with E-state index in [0.29, 0.717) is 11.8 Å². The molecule has 2 aliphatic carbocycles. The molecule has 3 heteroatoms. The number of hydrogen-bond donors (Lipinski definition) is 0. The second-order valence-corrected chi connectivity index (χ2v) is 43.2. The van der Waals surface area contributed by atoms with Crippen molar-refractivity contribution in [2.24, 2.45) is 0 Å². The van der Waals surface area contributed by atoms with E-state index in [9.17, 15) is 0 Å². The molecule has 3 aromatic carbocycles. The van der Waals surface area contributed by atoms with Crippen LogP contribution >= 0.6 is 17.0 Å². The van der Waals surface area contributed by atoms with Crippen molar-refractivity contribution in [2.75, 3.05) is 0 Å². The summed E-state index contributed by atoms with van der Waals surface area (Å²) >= 11 is -5.44. The molecule has 181 valence electrons. The predicted molar refractivity (Wildman–Crippen MR) is 154 cm³/mol. The molecule has 0 nitrogen and oxygen atoms in total. The summed E-state index contributed by atoms with van der Waals surface area (Å²) in [5.41, 5.74) is 8.96. The molecule has 0 fully saturated rings. The van der Waals surface area contributed by atoms with Gasteiger partial charge in [0.15, 0.2) is 0 Å². The third-order valence-corrected chi connectivity index (χ3v) is 29.5. The van der Waals surface area contributed by atoms with E-state index in [1.54, 1.807) is 0 Å². The van der Waals surface area contributed by atoms with Crippen LogP contribution in [0.2, 0.25) is 4.63 Å². The number of halogens is 2. The SMILES string of the molecule is CC(C)c1cccc2c1C=C[CH]2[Zr]([CH3])([Cl])([Cl])(=[CH]c1ccccc1)[CH]1C=Cc2c(C(C)C)cccc21. The fraction of sp³-hybridized carbons (Fsp3) is 0.281. The van der Waals surface area contributed by atoms with Gasteiger partial charge in [-0.3, -0.25) is 0 Å². The molecule has 0 aromatic heterocycles. The monoisotopic (exact) mass is 579 g/mol. The van der Waals surface area contributed by atoms with Crippen molar-refractivity contribution in [1.29, 1.82) is 0 Å². The molecule has 0 saturated carbocycles. The minimum atomic E-state index is -5.44. The third-order valence-electron chi connectivity index (χ3n) is 8.37. The normalized spacial score (nSPS) is 20.6. The van der Waals surface area contributed by atoms with Crippen molar-refractivity contribution in [2.45, 2.75) is 51.4 Å². The molecular weight excluding hydrogens is 546 g/mol. The molecule has 0 heterocycles. The summed E-state index contributed by atoms with van der Waals surface area (Å²) in [6.07, 6.45) is 9.18. The van der Waals surface area contributed by atoms with Crippen LogP contribution in [0.1, 0.15) is 85.7 Å².